The van der Waals surface area contributed by atoms with E-state index in [-0.39, 0.29) is 12.5 Å². The van der Waals surface area contributed by atoms with Gasteiger partial charge in [0.25, 0.3) is 5.82 Å². The van der Waals surface area contributed by atoms with Crippen molar-refractivity contribution in [3.63, 3.8) is 0 Å². The molecule has 6 heteroatoms. The van der Waals surface area contributed by atoms with Crippen LogP contribution in [0.15, 0.2) is 47.8 Å². The van der Waals surface area contributed by atoms with Gasteiger partial charge in [-0.25, -0.2) is 9.36 Å². The second-order valence-electron chi connectivity index (χ2n) is 7.31. The molecule has 1 aromatic carbocycles. The number of carbonyl (C=O) groups is 1. The maximum Gasteiger partial charge on any atom is 0.349 e. The smallest absolute Gasteiger partial charge is 0.349 e. The monoisotopic (exact) mass is 357 g/mol. The topological polar surface area (TPSA) is 50.7 Å². The number of aromatic nitrogens is 2. The predicted octanol–water partition coefficient (Wildman–Crippen LogP) is 2.45. The SMILES string of the molecule is CCc1n(N=C(c2ccccc2)N(C)C)cc[n+]1CC(=O)OC(C)(C)C. The summed E-state index contributed by atoms with van der Waals surface area (Å²) in [5, 5.41) is 4.79. The summed E-state index contributed by atoms with van der Waals surface area (Å²) in [6, 6.07) is 10.0. The van der Waals surface area contributed by atoms with Gasteiger partial charge in [0.05, 0.1) is 0 Å². The molecule has 0 saturated heterocycles. The Morgan fingerprint density at radius 1 is 1.23 bits per heavy atom. The molecule has 2 aromatic rings. The number of imidazole rings is 1. The molecule has 6 nitrogen and oxygen atoms in total. The van der Waals surface area contributed by atoms with Crippen LogP contribution in [0.4, 0.5) is 0 Å². The molecule has 1 heterocycles. The van der Waals surface area contributed by atoms with Crippen LogP contribution in [0.3, 0.4) is 0 Å². The van der Waals surface area contributed by atoms with Crippen LogP contribution in [0.1, 0.15) is 39.1 Å². The number of carbonyl (C=O) groups excluding carboxylic acids is 1. The second-order valence-corrected chi connectivity index (χ2v) is 7.31. The molecule has 0 radical (unpaired) electrons. The van der Waals surface area contributed by atoms with E-state index in [1.165, 1.54) is 0 Å². The molecule has 0 fully saturated rings. The summed E-state index contributed by atoms with van der Waals surface area (Å²) >= 11 is 0. The number of ether oxygens (including phenoxy) is 1. The molecule has 1 aromatic heterocycles. The van der Waals surface area contributed by atoms with Crippen molar-refractivity contribution in [1.29, 1.82) is 0 Å². The molecule has 0 bridgehead atoms. The maximum atomic E-state index is 12.2. The number of hydrogen-bond donors (Lipinski definition) is 0. The third-order valence-corrected chi connectivity index (χ3v) is 3.68. The van der Waals surface area contributed by atoms with Crippen LogP contribution in [0.25, 0.3) is 0 Å². The van der Waals surface area contributed by atoms with Crippen LogP contribution >= 0.6 is 0 Å². The van der Waals surface area contributed by atoms with Gasteiger partial charge in [0.2, 0.25) is 0 Å². The van der Waals surface area contributed by atoms with Crippen molar-refractivity contribution >= 4 is 11.8 Å². The summed E-state index contributed by atoms with van der Waals surface area (Å²) < 4.78 is 9.14. The van der Waals surface area contributed by atoms with Gasteiger partial charge in [0, 0.05) is 26.1 Å². The summed E-state index contributed by atoms with van der Waals surface area (Å²) in [5.41, 5.74) is 0.544. The fourth-order valence-electron chi connectivity index (χ4n) is 2.65. The van der Waals surface area contributed by atoms with Gasteiger partial charge in [0.15, 0.2) is 18.6 Å². The Morgan fingerprint density at radius 3 is 2.42 bits per heavy atom. The first-order valence-electron chi connectivity index (χ1n) is 8.84. The van der Waals surface area contributed by atoms with Crippen molar-refractivity contribution in [2.75, 3.05) is 14.1 Å². The Labute approximate surface area is 155 Å². The first-order valence-corrected chi connectivity index (χ1v) is 8.84. The lowest BCUT2D eigenvalue weighted by Gasteiger charge is -2.18. The minimum absolute atomic E-state index is 0.172. The zero-order valence-electron chi connectivity index (χ0n) is 16.6. The average molecular weight is 357 g/mol. The minimum Gasteiger partial charge on any atom is -0.457 e. The fraction of sp³-hybridized carbons (Fsp3) is 0.450. The summed E-state index contributed by atoms with van der Waals surface area (Å²) in [6.45, 7) is 7.83. The summed E-state index contributed by atoms with van der Waals surface area (Å²) in [6.07, 6.45) is 4.48. The lowest BCUT2D eigenvalue weighted by molar-refractivity contribution is -0.693. The Morgan fingerprint density at radius 2 is 1.88 bits per heavy atom. The van der Waals surface area contributed by atoms with Crippen molar-refractivity contribution in [3.8, 4) is 0 Å². The molecule has 0 amide bonds. The van der Waals surface area contributed by atoms with Crippen molar-refractivity contribution in [2.45, 2.75) is 46.3 Å². The van der Waals surface area contributed by atoms with Crippen LogP contribution in [-0.2, 0) is 22.5 Å². The highest BCUT2D eigenvalue weighted by atomic mass is 16.6. The molecule has 2 rings (SSSR count). The van der Waals surface area contributed by atoms with Crippen LogP contribution in [0.5, 0.6) is 0 Å². The van der Waals surface area contributed by atoms with E-state index >= 15 is 0 Å². The third-order valence-electron chi connectivity index (χ3n) is 3.68. The van der Waals surface area contributed by atoms with Crippen LogP contribution in [0, 0.1) is 0 Å². The molecule has 26 heavy (non-hydrogen) atoms. The Bertz CT molecular complexity index is 771. The normalized spacial score (nSPS) is 12.2. The molecule has 140 valence electrons. The highest BCUT2D eigenvalue weighted by Gasteiger charge is 2.23. The summed E-state index contributed by atoms with van der Waals surface area (Å²) in [7, 11) is 3.94. The number of rotatable bonds is 5. The van der Waals surface area contributed by atoms with Crippen molar-refractivity contribution in [2.24, 2.45) is 5.10 Å². The van der Waals surface area contributed by atoms with Gasteiger partial charge in [-0.1, -0.05) is 42.4 Å². The van der Waals surface area contributed by atoms with Gasteiger partial charge in [0.1, 0.15) is 11.8 Å². The van der Waals surface area contributed by atoms with Gasteiger partial charge < -0.3 is 9.64 Å². The molecule has 0 aliphatic carbocycles. The van der Waals surface area contributed by atoms with Gasteiger partial charge >= 0.3 is 5.97 Å². The number of esters is 1. The maximum absolute atomic E-state index is 12.2. The molecule has 0 spiro atoms. The third kappa shape index (κ3) is 5.18. The average Bonchev–Trinajstić information content (AvgIpc) is 2.92. The number of amidine groups is 1. The zero-order valence-corrected chi connectivity index (χ0v) is 16.6. The van der Waals surface area contributed by atoms with Gasteiger partial charge in [-0.2, -0.15) is 0 Å². The van der Waals surface area contributed by atoms with Gasteiger partial charge in [-0.05, 0) is 20.8 Å². The van der Waals surface area contributed by atoms with Gasteiger partial charge in [-0.3, -0.25) is 0 Å². The highest BCUT2D eigenvalue weighted by molar-refractivity contribution is 5.98. The van der Waals surface area contributed by atoms with Crippen molar-refractivity contribution in [3.05, 3.63) is 54.1 Å². The quantitative estimate of drug-likeness (QED) is 0.357. The van der Waals surface area contributed by atoms with E-state index in [0.29, 0.717) is 0 Å². The summed E-state index contributed by atoms with van der Waals surface area (Å²) in [4.78, 5) is 14.1. The van der Waals surface area contributed by atoms with E-state index in [1.807, 2.05) is 98.7 Å². The lowest BCUT2D eigenvalue weighted by atomic mass is 10.2. The van der Waals surface area contributed by atoms with Crippen molar-refractivity contribution < 1.29 is 14.1 Å². The van der Waals surface area contributed by atoms with Crippen molar-refractivity contribution in [1.82, 2.24) is 9.58 Å². The minimum atomic E-state index is -0.490. The molecule has 0 N–H and O–H groups in total. The number of nitrogens with zero attached hydrogens (tertiary/aromatic N) is 4. The van der Waals surface area contributed by atoms with E-state index < -0.39 is 5.60 Å². The molecule has 0 aliphatic heterocycles. The van der Waals surface area contributed by atoms with Crippen LogP contribution in [-0.4, -0.2) is 41.1 Å². The van der Waals surface area contributed by atoms with Crippen LogP contribution < -0.4 is 4.57 Å². The van der Waals surface area contributed by atoms with E-state index in [1.54, 1.807) is 0 Å². The predicted molar refractivity (Wildman–Crippen MR) is 102 cm³/mol. The van der Waals surface area contributed by atoms with E-state index in [4.69, 9.17) is 9.84 Å². The number of hydrogen-bond acceptors (Lipinski definition) is 3. The lowest BCUT2D eigenvalue weighted by Crippen LogP contribution is -2.43. The molecular formula is C20H29N4O2+. The first kappa shape index (κ1) is 19.7. The zero-order chi connectivity index (χ0) is 19.3. The molecule has 0 saturated carbocycles. The van der Waals surface area contributed by atoms with Crippen LogP contribution in [0.2, 0.25) is 0 Å². The van der Waals surface area contributed by atoms with E-state index in [0.717, 1.165) is 23.6 Å². The highest BCUT2D eigenvalue weighted by Crippen LogP contribution is 2.08. The largest absolute Gasteiger partial charge is 0.457 e. The summed E-state index contributed by atoms with van der Waals surface area (Å²) in [5.74, 6) is 1.53. The molecular weight excluding hydrogens is 328 g/mol. The van der Waals surface area contributed by atoms with Gasteiger partial charge in [-0.15, -0.1) is 4.68 Å². The number of benzene rings is 1. The molecule has 0 unspecified atom stereocenters. The fourth-order valence-corrected chi connectivity index (χ4v) is 2.65. The Balaban J connectivity index is 2.33. The van der Waals surface area contributed by atoms with E-state index in [9.17, 15) is 4.79 Å². The standard InChI is InChI=1S/C20H29N4O2/c1-7-17-23(15-18(25)26-20(2,3)4)13-14-24(17)21-19(22(5)6)16-11-9-8-10-12-16/h8-14H,7,15H2,1-6H3/q+1. The molecule has 0 aliphatic rings. The Hall–Kier alpha value is -2.63. The Kier molecular flexibility index (Phi) is 6.18. The first-order chi connectivity index (χ1) is 12.2. The molecule has 0 atom stereocenters. The van der Waals surface area contributed by atoms with E-state index in [2.05, 4.69) is 0 Å². The second kappa shape index (κ2) is 8.17.